The number of nitrogens with zero attached hydrogens (tertiary/aromatic N) is 1. The first-order valence-electron chi connectivity index (χ1n) is 7.39. The summed E-state index contributed by atoms with van der Waals surface area (Å²) in [6.07, 6.45) is -8.71. The van der Waals surface area contributed by atoms with E-state index in [1.165, 1.54) is 13.8 Å². The lowest BCUT2D eigenvalue weighted by Crippen LogP contribution is -2.43. The maximum atomic E-state index is 14.0. The molecule has 3 nitrogen and oxygen atoms in total. The molecule has 0 radical (unpaired) electrons. The largest absolute Gasteiger partial charge is 0.611 e. The van der Waals surface area contributed by atoms with E-state index in [1.54, 1.807) is 0 Å². The molecule has 1 aliphatic carbocycles. The number of rotatable bonds is 4. The predicted molar refractivity (Wildman–Crippen MR) is 82.4 cm³/mol. The molecular weight excluding hydrogens is 389 g/mol. The van der Waals surface area contributed by atoms with Gasteiger partial charge in [-0.15, -0.1) is 0 Å². The highest BCUT2D eigenvalue weighted by Crippen LogP contribution is 2.37. The highest BCUT2D eigenvalue weighted by atomic mass is 32.2. The van der Waals surface area contributed by atoms with Crippen LogP contribution in [0.15, 0.2) is 22.0 Å². The van der Waals surface area contributed by atoms with Gasteiger partial charge in [-0.1, -0.05) is 0 Å². The smallest absolute Gasteiger partial charge is 0.449 e. The van der Waals surface area contributed by atoms with Gasteiger partial charge in [-0.25, -0.2) is 9.38 Å². The molecule has 0 aliphatic heterocycles. The molecule has 0 aromatic heterocycles. The van der Waals surface area contributed by atoms with E-state index in [1.807, 2.05) is 0 Å². The monoisotopic (exact) mass is 404 g/mol. The summed E-state index contributed by atoms with van der Waals surface area (Å²) in [4.78, 5) is 2.81. The van der Waals surface area contributed by atoms with E-state index in [0.717, 1.165) is 6.07 Å². The van der Waals surface area contributed by atoms with Crippen LogP contribution in [0.2, 0.25) is 0 Å². The zero-order chi connectivity index (χ0) is 19.9. The molecule has 1 aromatic carbocycles. The maximum absolute atomic E-state index is 14.0. The minimum absolute atomic E-state index is 0.0697. The second-order valence-corrected chi connectivity index (χ2v) is 7.74. The normalized spacial score (nSPS) is 18.6. The Morgan fingerprint density at radius 2 is 1.81 bits per heavy atom. The number of nitrogens with one attached hydrogen (secondary N) is 1. The average molecular weight is 404 g/mol. The van der Waals surface area contributed by atoms with Gasteiger partial charge in [0.05, 0.1) is 0 Å². The Bertz CT molecular complexity index is 711. The average Bonchev–Trinajstić information content (AvgIpc) is 3.15. The van der Waals surface area contributed by atoms with Gasteiger partial charge < -0.3 is 9.87 Å². The minimum Gasteiger partial charge on any atom is -0.611 e. The van der Waals surface area contributed by atoms with E-state index >= 15 is 0 Å². The van der Waals surface area contributed by atoms with Crippen molar-refractivity contribution in [1.29, 1.82) is 0 Å². The number of hydrogen-bond acceptors (Lipinski definition) is 2. The molecule has 11 heteroatoms. The summed E-state index contributed by atoms with van der Waals surface area (Å²) in [5.74, 6) is -4.29. The quantitative estimate of drug-likeness (QED) is 0.347. The van der Waals surface area contributed by atoms with Crippen LogP contribution in [0.25, 0.3) is 0 Å². The van der Waals surface area contributed by atoms with Gasteiger partial charge in [0.25, 0.3) is 0 Å². The van der Waals surface area contributed by atoms with E-state index in [4.69, 9.17) is 0 Å². The van der Waals surface area contributed by atoms with E-state index in [-0.39, 0.29) is 5.56 Å². The molecule has 0 spiro atoms. The van der Waals surface area contributed by atoms with Crippen LogP contribution in [0.4, 0.5) is 36.4 Å². The topological polar surface area (TPSA) is 47.5 Å². The Kier molecular flexibility index (Phi) is 5.54. The van der Waals surface area contributed by atoms with E-state index in [2.05, 4.69) is 10.3 Å². The summed E-state index contributed by atoms with van der Waals surface area (Å²) in [6, 6.07) is 1.38. The van der Waals surface area contributed by atoms with Gasteiger partial charge in [-0.2, -0.15) is 26.3 Å². The van der Waals surface area contributed by atoms with Crippen molar-refractivity contribution >= 4 is 22.7 Å². The molecule has 1 aromatic rings. The molecule has 0 saturated heterocycles. The first kappa shape index (κ1) is 20.8. The molecule has 1 saturated carbocycles. The highest BCUT2D eigenvalue weighted by molar-refractivity contribution is 7.91. The number of aliphatic imine (C=N–C) groups is 1. The van der Waals surface area contributed by atoms with Crippen molar-refractivity contribution in [3.8, 4) is 0 Å². The van der Waals surface area contributed by atoms with Crippen LogP contribution in [0.1, 0.15) is 25.3 Å². The van der Waals surface area contributed by atoms with Crippen LogP contribution in [0.5, 0.6) is 0 Å². The van der Waals surface area contributed by atoms with Crippen LogP contribution in [0, 0.1) is 12.7 Å². The fraction of sp³-hybridized carbons (Fsp3) is 0.533. The van der Waals surface area contributed by atoms with Gasteiger partial charge in [0.2, 0.25) is 11.6 Å². The zero-order valence-electron chi connectivity index (χ0n) is 13.7. The molecular formula is C15H15F7N2OS. The van der Waals surface area contributed by atoms with E-state index in [9.17, 15) is 35.3 Å². The number of halogens is 7. The molecule has 0 bridgehead atoms. The van der Waals surface area contributed by atoms with Crippen LogP contribution >= 0.6 is 0 Å². The molecule has 1 fully saturated rings. The standard InChI is InChI=1S/C15H15F7N2OS/c1-8-5-9(16)10(6-11(8)26(25)7-14(17,18)19)23-12(15(20,21)22)24-13(2)3-4-13/h5-6H,3-4,7H2,1-2H3,(H,23,24). The Balaban J connectivity index is 2.42. The molecule has 146 valence electrons. The van der Waals surface area contributed by atoms with Gasteiger partial charge in [0.1, 0.15) is 11.5 Å². The van der Waals surface area contributed by atoms with Gasteiger partial charge >= 0.3 is 12.4 Å². The number of hydrogen-bond donors (Lipinski definition) is 1. The minimum atomic E-state index is -4.91. The number of alkyl halides is 6. The summed E-state index contributed by atoms with van der Waals surface area (Å²) in [5.41, 5.74) is -1.71. The Morgan fingerprint density at radius 1 is 1.23 bits per heavy atom. The van der Waals surface area contributed by atoms with Crippen LogP contribution in [0.3, 0.4) is 0 Å². The second kappa shape index (κ2) is 6.91. The molecule has 0 amide bonds. The molecule has 2 rings (SSSR count). The van der Waals surface area contributed by atoms with Crippen molar-refractivity contribution in [3.63, 3.8) is 0 Å². The summed E-state index contributed by atoms with van der Waals surface area (Å²) in [7, 11) is 0. The number of benzene rings is 1. The van der Waals surface area contributed by atoms with E-state index < -0.39 is 57.1 Å². The van der Waals surface area contributed by atoms with Crippen molar-refractivity contribution < 1.29 is 35.3 Å². The summed E-state index contributed by atoms with van der Waals surface area (Å²) >= 11 is -2.59. The lowest BCUT2D eigenvalue weighted by Gasteiger charge is -2.18. The molecule has 26 heavy (non-hydrogen) atoms. The fourth-order valence-corrected chi connectivity index (χ4v) is 3.19. The third kappa shape index (κ3) is 5.50. The Morgan fingerprint density at radius 3 is 2.27 bits per heavy atom. The van der Waals surface area contributed by atoms with Crippen molar-refractivity contribution in [2.24, 2.45) is 4.99 Å². The zero-order valence-corrected chi connectivity index (χ0v) is 14.5. The van der Waals surface area contributed by atoms with Gasteiger partial charge in [-0.05, 0) is 43.9 Å². The van der Waals surface area contributed by atoms with Gasteiger partial charge in [0.15, 0.2) is 4.90 Å². The Labute approximate surface area is 147 Å². The van der Waals surface area contributed by atoms with Gasteiger partial charge in [-0.3, -0.25) is 0 Å². The van der Waals surface area contributed by atoms with Crippen LogP contribution in [-0.4, -0.2) is 34.0 Å². The first-order chi connectivity index (χ1) is 11.7. The third-order valence-corrected chi connectivity index (χ3v) is 5.23. The predicted octanol–water partition coefficient (Wildman–Crippen LogP) is 4.54. The highest BCUT2D eigenvalue weighted by Gasteiger charge is 2.45. The molecule has 0 heterocycles. The Hall–Kier alpha value is -1.49. The lowest BCUT2D eigenvalue weighted by molar-refractivity contribution is -0.106. The second-order valence-electron chi connectivity index (χ2n) is 6.32. The van der Waals surface area contributed by atoms with Crippen LogP contribution < -0.4 is 5.32 Å². The van der Waals surface area contributed by atoms with Gasteiger partial charge in [0, 0.05) is 17.2 Å². The fourth-order valence-electron chi connectivity index (χ4n) is 2.08. The third-order valence-electron chi connectivity index (χ3n) is 3.71. The van der Waals surface area contributed by atoms with E-state index in [0.29, 0.717) is 18.9 Å². The molecule has 1 N–H and O–H groups in total. The van der Waals surface area contributed by atoms with Crippen molar-refractivity contribution in [1.82, 2.24) is 5.32 Å². The maximum Gasteiger partial charge on any atom is 0.449 e. The van der Waals surface area contributed by atoms with Crippen molar-refractivity contribution in [2.45, 2.75) is 49.5 Å². The SMILES string of the molecule is Cc1cc(F)c(/N=C(/NC2(C)CC2)C(F)(F)F)cc1[S+]([O-])CC(F)(F)F. The first-order valence-corrected chi connectivity index (χ1v) is 8.71. The molecule has 1 atom stereocenters. The summed E-state index contributed by atoms with van der Waals surface area (Å²) < 4.78 is 102. The summed E-state index contributed by atoms with van der Waals surface area (Å²) in [6.45, 7) is 2.75. The molecule has 1 aliphatic rings. The van der Waals surface area contributed by atoms with Crippen molar-refractivity contribution in [3.05, 3.63) is 23.5 Å². The van der Waals surface area contributed by atoms with Crippen molar-refractivity contribution in [2.75, 3.05) is 5.75 Å². The molecule has 1 unspecified atom stereocenters. The number of aryl methyl sites for hydroxylation is 1. The lowest BCUT2D eigenvalue weighted by atomic mass is 10.2. The van der Waals surface area contributed by atoms with Crippen LogP contribution in [-0.2, 0) is 11.2 Å². The number of amidine groups is 1. The summed E-state index contributed by atoms with van der Waals surface area (Å²) in [5, 5.41) is 2.19.